The molecule has 1 aliphatic heterocycles. The molecule has 2 fully saturated rings. The molecule has 212 valence electrons. The lowest BCUT2D eigenvalue weighted by molar-refractivity contribution is -0.136. The van der Waals surface area contributed by atoms with Crippen molar-refractivity contribution >= 4 is 5.52 Å². The second-order valence-corrected chi connectivity index (χ2v) is 11.7. The van der Waals surface area contributed by atoms with Gasteiger partial charge in [-0.1, -0.05) is 25.5 Å². The number of piperidine rings is 1. The molecule has 1 aromatic carbocycles. The molecule has 0 bridgehead atoms. The molecule has 1 unspecified atom stereocenters. The molecule has 2 aliphatic rings. The average Bonchev–Trinajstić information content (AvgIpc) is 3.47. The Morgan fingerprint density at radius 3 is 2.50 bits per heavy atom. The van der Waals surface area contributed by atoms with Crippen LogP contribution in [0.4, 0.5) is 13.2 Å². The van der Waals surface area contributed by atoms with Crippen molar-refractivity contribution in [2.24, 2.45) is 18.9 Å². The van der Waals surface area contributed by atoms with Crippen molar-refractivity contribution in [3.8, 4) is 5.69 Å². The van der Waals surface area contributed by atoms with Crippen LogP contribution in [0.15, 0.2) is 53.8 Å². The number of aryl methyl sites for hydroxylation is 1. The smallest absolute Gasteiger partial charge is 0.320 e. The standard InChI is InChI=1S/C30H35F3N6O/c1-19-7-6-12-37(15-19)20(2)23-14-25(30(31,32)33)26-17-38(29(40)39(26)16-23)24-11-5-10-22(13-24)27(21-8-4-9-21)28-35-34-18-36(28)3/h5,10-11,13-14,16-21,27H,4,6-9,12,15H2,1-3H3/t19-,20?,27-/m0/s1. The summed E-state index contributed by atoms with van der Waals surface area (Å²) in [5.74, 6) is 1.74. The SMILES string of the molecule is CC(c1cc(C(F)(F)F)c2cn(-c3cccc([C@@H](c4nncn4C)C4CCC4)c3)c(=O)n2c1)N1CCC[C@H](C)C1. The van der Waals surface area contributed by atoms with Crippen LogP contribution in [0, 0.1) is 11.8 Å². The highest BCUT2D eigenvalue weighted by Gasteiger charge is 2.36. The van der Waals surface area contributed by atoms with E-state index in [1.54, 1.807) is 18.6 Å². The van der Waals surface area contributed by atoms with Gasteiger partial charge in [0.2, 0.25) is 0 Å². The summed E-state index contributed by atoms with van der Waals surface area (Å²) in [6.45, 7) is 5.76. The first kappa shape index (κ1) is 26.8. The number of halogens is 3. The van der Waals surface area contributed by atoms with Crippen LogP contribution in [-0.2, 0) is 13.2 Å². The number of hydrogen-bond donors (Lipinski definition) is 0. The number of rotatable bonds is 6. The molecule has 1 aliphatic carbocycles. The Morgan fingerprint density at radius 2 is 1.85 bits per heavy atom. The lowest BCUT2D eigenvalue weighted by Gasteiger charge is -2.36. The molecule has 7 nitrogen and oxygen atoms in total. The molecule has 0 amide bonds. The monoisotopic (exact) mass is 552 g/mol. The molecule has 3 atom stereocenters. The van der Waals surface area contributed by atoms with Gasteiger partial charge in [-0.3, -0.25) is 13.9 Å². The summed E-state index contributed by atoms with van der Waals surface area (Å²) in [4.78, 5) is 15.9. The second kappa shape index (κ2) is 10.2. The molecule has 40 heavy (non-hydrogen) atoms. The van der Waals surface area contributed by atoms with E-state index in [9.17, 15) is 18.0 Å². The van der Waals surface area contributed by atoms with Crippen LogP contribution in [-0.4, -0.2) is 41.7 Å². The quantitative estimate of drug-likeness (QED) is 0.296. The Kier molecular flexibility index (Phi) is 6.84. The molecule has 0 spiro atoms. The van der Waals surface area contributed by atoms with Gasteiger partial charge in [0.25, 0.3) is 0 Å². The third-order valence-electron chi connectivity index (χ3n) is 8.97. The first-order chi connectivity index (χ1) is 19.1. The summed E-state index contributed by atoms with van der Waals surface area (Å²) in [5.41, 5.74) is 0.553. The minimum Gasteiger partial charge on any atom is -0.320 e. The largest absolute Gasteiger partial charge is 0.418 e. The number of hydrogen-bond acceptors (Lipinski definition) is 4. The summed E-state index contributed by atoms with van der Waals surface area (Å²) in [5, 5.41) is 8.44. The summed E-state index contributed by atoms with van der Waals surface area (Å²) < 4.78 is 47.5. The Balaban J connectivity index is 1.45. The number of likely N-dealkylation sites (tertiary alicyclic amines) is 1. The third-order valence-corrected chi connectivity index (χ3v) is 8.97. The van der Waals surface area contributed by atoms with Crippen LogP contribution in [0.3, 0.4) is 0 Å². The van der Waals surface area contributed by atoms with Gasteiger partial charge in [0.05, 0.1) is 16.8 Å². The fourth-order valence-corrected chi connectivity index (χ4v) is 6.49. The van der Waals surface area contributed by atoms with E-state index in [2.05, 4.69) is 22.0 Å². The predicted octanol–water partition coefficient (Wildman–Crippen LogP) is 5.96. The van der Waals surface area contributed by atoms with Crippen molar-refractivity contribution in [3.05, 3.63) is 82.1 Å². The highest BCUT2D eigenvalue weighted by atomic mass is 19.4. The molecule has 0 N–H and O–H groups in total. The van der Waals surface area contributed by atoms with Crippen molar-refractivity contribution in [1.29, 1.82) is 0 Å². The maximum absolute atomic E-state index is 14.4. The first-order valence-electron chi connectivity index (χ1n) is 14.1. The van der Waals surface area contributed by atoms with Crippen molar-refractivity contribution in [2.75, 3.05) is 13.1 Å². The van der Waals surface area contributed by atoms with Gasteiger partial charge in [-0.2, -0.15) is 13.2 Å². The van der Waals surface area contributed by atoms with Crippen LogP contribution >= 0.6 is 0 Å². The van der Waals surface area contributed by atoms with E-state index in [0.29, 0.717) is 23.1 Å². The minimum atomic E-state index is -4.60. The number of nitrogens with zero attached hydrogens (tertiary/aromatic N) is 6. The topological polar surface area (TPSA) is 60.4 Å². The van der Waals surface area contributed by atoms with Gasteiger partial charge in [0, 0.05) is 37.9 Å². The fourth-order valence-electron chi connectivity index (χ4n) is 6.49. The number of imidazole rings is 1. The van der Waals surface area contributed by atoms with E-state index < -0.39 is 17.4 Å². The Bertz CT molecular complexity index is 1580. The van der Waals surface area contributed by atoms with Gasteiger partial charge in [0.15, 0.2) is 0 Å². The number of pyridine rings is 1. The average molecular weight is 553 g/mol. The Morgan fingerprint density at radius 1 is 1.05 bits per heavy atom. The second-order valence-electron chi connectivity index (χ2n) is 11.7. The Labute approximate surface area is 231 Å². The minimum absolute atomic E-state index is 0.000874. The van der Waals surface area contributed by atoms with E-state index in [4.69, 9.17) is 0 Å². The summed E-state index contributed by atoms with van der Waals surface area (Å²) in [6, 6.07) is 8.52. The highest BCUT2D eigenvalue weighted by Crippen LogP contribution is 2.43. The molecule has 3 aromatic heterocycles. The molecule has 0 radical (unpaired) electrons. The van der Waals surface area contributed by atoms with Crippen molar-refractivity contribution in [2.45, 2.75) is 64.1 Å². The normalized spacial score (nSPS) is 20.5. The molecule has 6 rings (SSSR count). The van der Waals surface area contributed by atoms with Gasteiger partial charge in [-0.25, -0.2) is 4.79 Å². The van der Waals surface area contributed by atoms with Crippen LogP contribution in [0.5, 0.6) is 0 Å². The zero-order valence-electron chi connectivity index (χ0n) is 23.1. The Hall–Kier alpha value is -3.40. The van der Waals surface area contributed by atoms with E-state index in [0.717, 1.165) is 56.6 Å². The lowest BCUT2D eigenvalue weighted by Crippen LogP contribution is -2.36. The van der Waals surface area contributed by atoms with Gasteiger partial charge in [0.1, 0.15) is 12.2 Å². The zero-order chi connectivity index (χ0) is 28.2. The van der Waals surface area contributed by atoms with Crippen LogP contribution in [0.1, 0.15) is 80.4 Å². The van der Waals surface area contributed by atoms with E-state index in [-0.39, 0.29) is 17.5 Å². The molecule has 4 aromatic rings. The van der Waals surface area contributed by atoms with E-state index in [1.165, 1.54) is 21.2 Å². The number of aromatic nitrogens is 5. The molecular weight excluding hydrogens is 517 g/mol. The predicted molar refractivity (Wildman–Crippen MR) is 147 cm³/mol. The zero-order valence-corrected chi connectivity index (χ0v) is 23.1. The molecule has 10 heteroatoms. The van der Waals surface area contributed by atoms with Crippen LogP contribution in [0.2, 0.25) is 0 Å². The maximum atomic E-state index is 14.4. The van der Waals surface area contributed by atoms with E-state index >= 15 is 0 Å². The maximum Gasteiger partial charge on any atom is 0.418 e. The third kappa shape index (κ3) is 4.76. The molecule has 1 saturated heterocycles. The van der Waals surface area contributed by atoms with Crippen LogP contribution < -0.4 is 5.69 Å². The molecular formula is C30H35F3N6O. The van der Waals surface area contributed by atoms with E-state index in [1.807, 2.05) is 36.7 Å². The summed E-state index contributed by atoms with van der Waals surface area (Å²) in [7, 11) is 1.91. The lowest BCUT2D eigenvalue weighted by atomic mass is 9.72. The van der Waals surface area contributed by atoms with Crippen LogP contribution in [0.25, 0.3) is 11.2 Å². The van der Waals surface area contributed by atoms with Gasteiger partial charge >= 0.3 is 11.9 Å². The molecule has 4 heterocycles. The number of fused-ring (bicyclic) bond motifs is 1. The van der Waals surface area contributed by atoms with Gasteiger partial charge in [-0.15, -0.1) is 10.2 Å². The summed E-state index contributed by atoms with van der Waals surface area (Å²) in [6.07, 6.45) is 5.43. The van der Waals surface area contributed by atoms with Crippen molar-refractivity contribution < 1.29 is 13.2 Å². The van der Waals surface area contributed by atoms with Gasteiger partial charge in [-0.05, 0) is 80.3 Å². The first-order valence-corrected chi connectivity index (χ1v) is 14.1. The number of benzene rings is 1. The fraction of sp³-hybridized carbons (Fsp3) is 0.500. The van der Waals surface area contributed by atoms with Crippen molar-refractivity contribution in [1.82, 2.24) is 28.6 Å². The molecule has 1 saturated carbocycles. The highest BCUT2D eigenvalue weighted by molar-refractivity contribution is 5.58. The number of alkyl halides is 3. The van der Waals surface area contributed by atoms with Gasteiger partial charge < -0.3 is 4.57 Å². The summed E-state index contributed by atoms with van der Waals surface area (Å²) >= 11 is 0. The van der Waals surface area contributed by atoms with Crippen molar-refractivity contribution in [3.63, 3.8) is 0 Å².